The number of aromatic nitrogens is 2. The van der Waals surface area contributed by atoms with Gasteiger partial charge in [0.1, 0.15) is 17.5 Å². The van der Waals surface area contributed by atoms with Crippen molar-refractivity contribution in [3.05, 3.63) is 57.6 Å². The Labute approximate surface area is 180 Å². The van der Waals surface area contributed by atoms with E-state index >= 15 is 0 Å². The first-order valence-electron chi connectivity index (χ1n) is 10.9. The van der Waals surface area contributed by atoms with Crippen molar-refractivity contribution in [2.45, 2.75) is 25.3 Å². The summed E-state index contributed by atoms with van der Waals surface area (Å²) in [7, 11) is 0. The van der Waals surface area contributed by atoms with Gasteiger partial charge in [0.05, 0.1) is 12.2 Å². The molecule has 2 atom stereocenters. The highest BCUT2D eigenvalue weighted by molar-refractivity contribution is 5.94. The lowest BCUT2D eigenvalue weighted by Crippen LogP contribution is -2.48. The Morgan fingerprint density at radius 2 is 2.03 bits per heavy atom. The maximum Gasteiger partial charge on any atom is 0.263 e. The second-order valence-corrected chi connectivity index (χ2v) is 8.57. The van der Waals surface area contributed by atoms with E-state index in [1.165, 1.54) is 0 Å². The van der Waals surface area contributed by atoms with Crippen LogP contribution < -0.4 is 10.5 Å². The van der Waals surface area contributed by atoms with Gasteiger partial charge in [0.15, 0.2) is 0 Å². The summed E-state index contributed by atoms with van der Waals surface area (Å²) in [6.07, 6.45) is 3.42. The average molecular weight is 419 g/mol. The number of pyridine rings is 2. The van der Waals surface area contributed by atoms with Crippen molar-refractivity contribution >= 4 is 11.7 Å². The lowest BCUT2D eigenvalue weighted by atomic mass is 9.83. The van der Waals surface area contributed by atoms with Gasteiger partial charge in [0.25, 0.3) is 11.5 Å². The largest absolute Gasteiger partial charge is 0.380 e. The van der Waals surface area contributed by atoms with Crippen molar-refractivity contribution in [2.24, 2.45) is 5.92 Å². The number of hydrogen-bond acceptors (Lipinski definition) is 6. The van der Waals surface area contributed by atoms with Gasteiger partial charge >= 0.3 is 0 Å². The van der Waals surface area contributed by atoms with E-state index in [9.17, 15) is 9.59 Å². The first kappa shape index (κ1) is 19.8. The number of amides is 1. The fourth-order valence-electron chi connectivity index (χ4n) is 5.05. The van der Waals surface area contributed by atoms with E-state index in [0.29, 0.717) is 44.3 Å². The van der Waals surface area contributed by atoms with E-state index in [1.807, 2.05) is 16.7 Å². The third-order valence-corrected chi connectivity index (χ3v) is 6.55. The Bertz CT molecular complexity index is 1080. The van der Waals surface area contributed by atoms with Gasteiger partial charge < -0.3 is 19.1 Å². The monoisotopic (exact) mass is 419 g/mol. The zero-order valence-corrected chi connectivity index (χ0v) is 17.4. The lowest BCUT2D eigenvalue weighted by Gasteiger charge is -2.43. The SMILES string of the molecule is N#Cc1ccc(N2C[C@@H]3C[C@H](C2)c2ccc(C(=O)N4CCCOCC4)c(=O)n2C3)nc1. The van der Waals surface area contributed by atoms with Gasteiger partial charge in [-0.2, -0.15) is 5.26 Å². The number of hydrogen-bond donors (Lipinski definition) is 0. The molecule has 2 aromatic rings. The van der Waals surface area contributed by atoms with Gasteiger partial charge in [0.2, 0.25) is 0 Å². The summed E-state index contributed by atoms with van der Waals surface area (Å²) in [6, 6.07) is 9.45. The standard InChI is InChI=1S/C23H25N5O3/c24-11-16-2-5-21(25-12-16)27-13-17-10-18(15-27)20-4-3-19(23(30)28(20)14-17)22(29)26-6-1-8-31-9-7-26/h2-5,12,17-18H,1,6-10,13-15H2/t17-,18+/m0/s1. The smallest absolute Gasteiger partial charge is 0.263 e. The molecule has 5 rings (SSSR count). The van der Waals surface area contributed by atoms with E-state index in [1.54, 1.807) is 23.2 Å². The van der Waals surface area contributed by atoms with Gasteiger partial charge in [-0.15, -0.1) is 0 Å². The molecule has 3 aliphatic heterocycles. The van der Waals surface area contributed by atoms with Crippen molar-refractivity contribution in [3.8, 4) is 6.07 Å². The van der Waals surface area contributed by atoms with Crippen molar-refractivity contribution in [3.63, 3.8) is 0 Å². The van der Waals surface area contributed by atoms with E-state index < -0.39 is 0 Å². The second-order valence-electron chi connectivity index (χ2n) is 8.57. The summed E-state index contributed by atoms with van der Waals surface area (Å²) in [4.78, 5) is 34.7. The minimum Gasteiger partial charge on any atom is -0.380 e. The Kier molecular flexibility index (Phi) is 5.20. The molecule has 0 aromatic carbocycles. The molecule has 8 heteroatoms. The summed E-state index contributed by atoms with van der Waals surface area (Å²) in [5.41, 5.74) is 1.63. The molecule has 3 aliphatic rings. The van der Waals surface area contributed by atoms with Gasteiger partial charge in [-0.25, -0.2) is 4.98 Å². The summed E-state index contributed by atoms with van der Waals surface area (Å²) in [6.45, 7) is 4.51. The van der Waals surface area contributed by atoms with E-state index in [2.05, 4.69) is 16.0 Å². The minimum absolute atomic E-state index is 0.174. The zero-order chi connectivity index (χ0) is 21.4. The lowest BCUT2D eigenvalue weighted by molar-refractivity contribution is 0.0738. The van der Waals surface area contributed by atoms with Crippen molar-refractivity contribution in [1.29, 1.82) is 5.26 Å². The van der Waals surface area contributed by atoms with Crippen LogP contribution in [-0.2, 0) is 11.3 Å². The maximum atomic E-state index is 13.3. The van der Waals surface area contributed by atoms with Gasteiger partial charge in [-0.05, 0) is 43.0 Å². The minimum atomic E-state index is -0.190. The molecule has 2 aromatic heterocycles. The highest BCUT2D eigenvalue weighted by Gasteiger charge is 2.36. The number of carbonyl (C=O) groups is 1. The summed E-state index contributed by atoms with van der Waals surface area (Å²) in [5, 5.41) is 8.99. The summed E-state index contributed by atoms with van der Waals surface area (Å²) in [5.74, 6) is 1.20. The van der Waals surface area contributed by atoms with Crippen LogP contribution in [0.25, 0.3) is 0 Å². The predicted molar refractivity (Wildman–Crippen MR) is 114 cm³/mol. The molecular formula is C23H25N5O3. The number of piperidine rings is 1. The van der Waals surface area contributed by atoms with Gasteiger partial charge in [0, 0.05) is 57.1 Å². The maximum absolute atomic E-state index is 13.3. The van der Waals surface area contributed by atoms with Crippen LogP contribution in [0.2, 0.25) is 0 Å². The molecule has 0 radical (unpaired) electrons. The number of nitrogens with zero attached hydrogens (tertiary/aromatic N) is 5. The highest BCUT2D eigenvalue weighted by atomic mass is 16.5. The molecule has 8 nitrogen and oxygen atoms in total. The molecule has 2 fully saturated rings. The van der Waals surface area contributed by atoms with Crippen LogP contribution in [0.3, 0.4) is 0 Å². The number of nitriles is 1. The molecule has 0 spiro atoms. The number of rotatable bonds is 2. The van der Waals surface area contributed by atoms with Crippen LogP contribution in [0, 0.1) is 17.2 Å². The number of fused-ring (bicyclic) bond motifs is 4. The molecule has 31 heavy (non-hydrogen) atoms. The molecule has 160 valence electrons. The van der Waals surface area contributed by atoms with Crippen LogP contribution in [0.4, 0.5) is 5.82 Å². The van der Waals surface area contributed by atoms with Crippen molar-refractivity contribution < 1.29 is 9.53 Å². The first-order chi connectivity index (χ1) is 15.1. The highest BCUT2D eigenvalue weighted by Crippen LogP contribution is 2.36. The molecule has 0 saturated carbocycles. The predicted octanol–water partition coefficient (Wildman–Crippen LogP) is 1.60. The van der Waals surface area contributed by atoms with Crippen LogP contribution in [-0.4, -0.2) is 59.8 Å². The zero-order valence-electron chi connectivity index (χ0n) is 17.4. The van der Waals surface area contributed by atoms with Gasteiger partial charge in [-0.1, -0.05) is 0 Å². The Morgan fingerprint density at radius 3 is 2.84 bits per heavy atom. The van der Waals surface area contributed by atoms with Crippen LogP contribution in [0.1, 0.15) is 40.4 Å². The third-order valence-electron chi connectivity index (χ3n) is 6.55. The fraction of sp³-hybridized carbons (Fsp3) is 0.478. The van der Waals surface area contributed by atoms with Crippen LogP contribution in [0.5, 0.6) is 0 Å². The summed E-state index contributed by atoms with van der Waals surface area (Å²) < 4.78 is 7.26. The van der Waals surface area contributed by atoms with Gasteiger partial charge in [-0.3, -0.25) is 9.59 Å². The Balaban J connectivity index is 1.40. The topological polar surface area (TPSA) is 91.5 Å². The van der Waals surface area contributed by atoms with Crippen LogP contribution >= 0.6 is 0 Å². The summed E-state index contributed by atoms with van der Waals surface area (Å²) >= 11 is 0. The molecule has 0 unspecified atom stereocenters. The molecule has 1 amide bonds. The average Bonchev–Trinajstić information content (AvgIpc) is 3.09. The molecular weight excluding hydrogens is 394 g/mol. The normalized spacial score (nSPS) is 22.9. The quantitative estimate of drug-likeness (QED) is 0.734. The molecule has 0 N–H and O–H groups in total. The molecule has 5 heterocycles. The molecule has 0 aliphatic carbocycles. The Hall–Kier alpha value is -3.18. The van der Waals surface area contributed by atoms with Crippen LogP contribution in [0.15, 0.2) is 35.3 Å². The third kappa shape index (κ3) is 3.70. The first-order valence-corrected chi connectivity index (χ1v) is 10.9. The van der Waals surface area contributed by atoms with Crippen molar-refractivity contribution in [2.75, 3.05) is 44.3 Å². The Morgan fingerprint density at radius 1 is 1.13 bits per heavy atom. The second kappa shape index (κ2) is 8.16. The number of carbonyl (C=O) groups excluding carboxylic acids is 1. The molecule has 2 bridgehead atoms. The molecule has 2 saturated heterocycles. The van der Waals surface area contributed by atoms with E-state index in [0.717, 1.165) is 37.4 Å². The number of ether oxygens (including phenoxy) is 1. The van der Waals surface area contributed by atoms with E-state index in [-0.39, 0.29) is 22.9 Å². The fourth-order valence-corrected chi connectivity index (χ4v) is 5.05. The van der Waals surface area contributed by atoms with E-state index in [4.69, 9.17) is 10.00 Å². The number of anilines is 1. The van der Waals surface area contributed by atoms with Crippen molar-refractivity contribution in [1.82, 2.24) is 14.5 Å².